The minimum atomic E-state index is 0.499. The molecule has 0 radical (unpaired) electrons. The summed E-state index contributed by atoms with van der Waals surface area (Å²) in [6.45, 7) is 11.1. The molecule has 2 aliphatic rings. The molecule has 0 atom stereocenters. The van der Waals surface area contributed by atoms with Crippen LogP contribution in [0.5, 0.6) is 0 Å². The molecule has 1 aromatic heterocycles. The van der Waals surface area contributed by atoms with Gasteiger partial charge in [0.1, 0.15) is 0 Å². The molecule has 6 nitrogen and oxygen atoms in total. The number of hydrogen-bond acceptors (Lipinski definition) is 6. The van der Waals surface area contributed by atoms with Gasteiger partial charge >= 0.3 is 0 Å². The summed E-state index contributed by atoms with van der Waals surface area (Å²) in [5, 5.41) is 5.47. The van der Waals surface area contributed by atoms with Gasteiger partial charge in [0.15, 0.2) is 5.82 Å². The van der Waals surface area contributed by atoms with Crippen molar-refractivity contribution in [2.75, 3.05) is 68.4 Å². The highest BCUT2D eigenvalue weighted by molar-refractivity contribution is 6.43. The van der Waals surface area contributed by atoms with Gasteiger partial charge in [-0.3, -0.25) is 0 Å². The van der Waals surface area contributed by atoms with Crippen LogP contribution in [-0.4, -0.2) is 62.4 Å². The molecule has 0 aliphatic carbocycles. The second-order valence-corrected chi connectivity index (χ2v) is 8.25. The number of halogens is 2. The fourth-order valence-corrected chi connectivity index (χ4v) is 4.31. The predicted molar refractivity (Wildman–Crippen MR) is 129 cm³/mol. The molecule has 2 fully saturated rings. The van der Waals surface area contributed by atoms with Crippen molar-refractivity contribution in [3.05, 3.63) is 22.2 Å². The standard InChI is InChI=1S/C20H27Cl2N5O.C2H6/c21-15-12-14-17(13-16(15)22)25-20(27-8-10-28-11-9-27)18(23)19(14)24-4-7-26-5-2-1-3-6-26;1-2/h12-13H,1-11,23H2,(H,24,25);1-2H3. The number of rotatable bonds is 5. The van der Waals surface area contributed by atoms with Gasteiger partial charge in [-0.05, 0) is 38.1 Å². The lowest BCUT2D eigenvalue weighted by Crippen LogP contribution is -2.37. The van der Waals surface area contributed by atoms with Crippen LogP contribution < -0.4 is 16.0 Å². The molecule has 0 spiro atoms. The number of piperidine rings is 1. The van der Waals surface area contributed by atoms with Crippen LogP contribution in [0.4, 0.5) is 17.2 Å². The number of anilines is 3. The summed E-state index contributed by atoms with van der Waals surface area (Å²) in [7, 11) is 0. The van der Waals surface area contributed by atoms with Gasteiger partial charge in [0.25, 0.3) is 0 Å². The normalized spacial score (nSPS) is 17.5. The Morgan fingerprint density at radius 3 is 2.40 bits per heavy atom. The highest BCUT2D eigenvalue weighted by Gasteiger charge is 2.21. The number of nitrogens with zero attached hydrogens (tertiary/aromatic N) is 3. The Morgan fingerprint density at radius 1 is 1.03 bits per heavy atom. The topological polar surface area (TPSA) is 66.6 Å². The molecular formula is C22H33Cl2N5O. The van der Waals surface area contributed by atoms with E-state index in [-0.39, 0.29) is 0 Å². The van der Waals surface area contributed by atoms with Crippen molar-refractivity contribution in [3.63, 3.8) is 0 Å². The van der Waals surface area contributed by atoms with E-state index in [1.807, 2.05) is 26.0 Å². The predicted octanol–water partition coefficient (Wildman–Crippen LogP) is 4.88. The number of likely N-dealkylation sites (tertiary alicyclic amines) is 1. The molecule has 30 heavy (non-hydrogen) atoms. The van der Waals surface area contributed by atoms with Crippen molar-refractivity contribution in [2.24, 2.45) is 0 Å². The third kappa shape index (κ3) is 5.41. The van der Waals surface area contributed by atoms with Gasteiger partial charge in [-0.15, -0.1) is 0 Å². The average Bonchev–Trinajstić information content (AvgIpc) is 2.79. The van der Waals surface area contributed by atoms with E-state index in [1.165, 1.54) is 32.4 Å². The maximum absolute atomic E-state index is 6.59. The molecule has 166 valence electrons. The van der Waals surface area contributed by atoms with Crippen LogP contribution in [0, 0.1) is 0 Å². The first kappa shape index (κ1) is 23.2. The number of nitrogen functional groups attached to an aromatic ring is 1. The average molecular weight is 454 g/mol. The number of pyridine rings is 1. The van der Waals surface area contributed by atoms with Crippen LogP contribution in [0.15, 0.2) is 12.1 Å². The first-order valence-corrected chi connectivity index (χ1v) is 11.8. The molecule has 1 aromatic carbocycles. The van der Waals surface area contributed by atoms with Crippen LogP contribution in [-0.2, 0) is 4.74 Å². The van der Waals surface area contributed by atoms with Crippen LogP contribution in [0.2, 0.25) is 10.0 Å². The second-order valence-electron chi connectivity index (χ2n) is 7.44. The first-order chi connectivity index (χ1) is 14.6. The van der Waals surface area contributed by atoms with E-state index in [9.17, 15) is 0 Å². The van der Waals surface area contributed by atoms with E-state index in [0.29, 0.717) is 28.9 Å². The van der Waals surface area contributed by atoms with Gasteiger partial charge in [0.05, 0.1) is 40.2 Å². The number of nitrogens with two attached hydrogens (primary N) is 1. The summed E-state index contributed by atoms with van der Waals surface area (Å²) in [5.74, 6) is 0.787. The van der Waals surface area contributed by atoms with Crippen LogP contribution >= 0.6 is 23.2 Å². The van der Waals surface area contributed by atoms with Crippen molar-refractivity contribution < 1.29 is 4.74 Å². The fraction of sp³-hybridized carbons (Fsp3) is 0.591. The Bertz CT molecular complexity index is 836. The lowest BCUT2D eigenvalue weighted by molar-refractivity contribution is 0.122. The molecule has 4 rings (SSSR count). The Labute approximate surface area is 189 Å². The zero-order valence-corrected chi connectivity index (χ0v) is 19.5. The van der Waals surface area contributed by atoms with Crippen LogP contribution in [0.3, 0.4) is 0 Å². The highest BCUT2D eigenvalue weighted by atomic mass is 35.5. The van der Waals surface area contributed by atoms with Gasteiger partial charge in [-0.25, -0.2) is 4.98 Å². The van der Waals surface area contributed by atoms with E-state index in [4.69, 9.17) is 38.7 Å². The highest BCUT2D eigenvalue weighted by Crippen LogP contribution is 2.39. The van der Waals surface area contributed by atoms with Gasteiger partial charge in [0, 0.05) is 31.6 Å². The van der Waals surface area contributed by atoms with Gasteiger partial charge in [-0.1, -0.05) is 43.5 Å². The number of fused-ring (bicyclic) bond motifs is 1. The van der Waals surface area contributed by atoms with Gasteiger partial charge in [-0.2, -0.15) is 0 Å². The summed E-state index contributed by atoms with van der Waals surface area (Å²) >= 11 is 12.6. The van der Waals surface area contributed by atoms with E-state index in [0.717, 1.165) is 48.6 Å². The van der Waals surface area contributed by atoms with Crippen LogP contribution in [0.25, 0.3) is 10.9 Å². The maximum atomic E-state index is 6.59. The third-order valence-electron chi connectivity index (χ3n) is 5.53. The number of ether oxygens (including phenoxy) is 1. The second kappa shape index (κ2) is 11.2. The fourth-order valence-electron chi connectivity index (χ4n) is 3.99. The van der Waals surface area contributed by atoms with Crippen LogP contribution in [0.1, 0.15) is 33.1 Å². The maximum Gasteiger partial charge on any atom is 0.154 e. The van der Waals surface area contributed by atoms with Gasteiger partial charge < -0.3 is 25.6 Å². The minimum absolute atomic E-state index is 0.499. The molecule has 2 aromatic rings. The van der Waals surface area contributed by atoms with Crippen molar-refractivity contribution in [1.29, 1.82) is 0 Å². The summed E-state index contributed by atoms with van der Waals surface area (Å²) < 4.78 is 5.48. The molecule has 0 bridgehead atoms. The van der Waals surface area contributed by atoms with E-state index >= 15 is 0 Å². The number of nitrogens with one attached hydrogen (secondary N) is 1. The smallest absolute Gasteiger partial charge is 0.154 e. The van der Waals surface area contributed by atoms with E-state index < -0.39 is 0 Å². The van der Waals surface area contributed by atoms with E-state index in [1.54, 1.807) is 0 Å². The Balaban J connectivity index is 0.00000124. The minimum Gasteiger partial charge on any atom is -0.394 e. The summed E-state index contributed by atoms with van der Waals surface area (Å²) in [6.07, 6.45) is 3.92. The monoisotopic (exact) mass is 453 g/mol. The number of hydrogen-bond donors (Lipinski definition) is 2. The Morgan fingerprint density at radius 2 is 1.70 bits per heavy atom. The summed E-state index contributed by atoms with van der Waals surface area (Å²) in [5.41, 5.74) is 8.94. The molecular weight excluding hydrogens is 421 g/mol. The molecule has 0 unspecified atom stereocenters. The molecule has 2 saturated heterocycles. The molecule has 3 N–H and O–H groups in total. The van der Waals surface area contributed by atoms with Gasteiger partial charge in [0.2, 0.25) is 0 Å². The van der Waals surface area contributed by atoms with E-state index in [2.05, 4.69) is 15.1 Å². The lowest BCUT2D eigenvalue weighted by Gasteiger charge is -2.30. The summed E-state index contributed by atoms with van der Waals surface area (Å²) in [4.78, 5) is 9.49. The molecule has 3 heterocycles. The number of morpholine rings is 1. The number of aromatic nitrogens is 1. The Hall–Kier alpha value is -1.47. The number of benzene rings is 1. The molecule has 2 aliphatic heterocycles. The van der Waals surface area contributed by atoms with Crippen molar-refractivity contribution in [3.8, 4) is 0 Å². The van der Waals surface area contributed by atoms with Crippen molar-refractivity contribution in [1.82, 2.24) is 9.88 Å². The van der Waals surface area contributed by atoms with Crippen molar-refractivity contribution >= 4 is 51.3 Å². The quantitative estimate of drug-likeness (QED) is 0.671. The Kier molecular flexibility index (Phi) is 8.69. The third-order valence-corrected chi connectivity index (χ3v) is 6.26. The zero-order valence-electron chi connectivity index (χ0n) is 18.0. The van der Waals surface area contributed by atoms with Crippen molar-refractivity contribution in [2.45, 2.75) is 33.1 Å². The molecule has 0 amide bonds. The SMILES string of the molecule is CC.Nc1c(N2CCOCC2)nc2cc(Cl)c(Cl)cc2c1NCCN1CCCCC1. The molecule has 8 heteroatoms. The molecule has 0 saturated carbocycles. The zero-order chi connectivity index (χ0) is 21.5. The summed E-state index contributed by atoms with van der Waals surface area (Å²) in [6, 6.07) is 3.67. The first-order valence-electron chi connectivity index (χ1n) is 11.0. The largest absolute Gasteiger partial charge is 0.394 e. The lowest BCUT2D eigenvalue weighted by atomic mass is 10.1.